The predicted molar refractivity (Wildman–Crippen MR) is 67.8 cm³/mol. The number of benzene rings is 1. The molecule has 0 heterocycles. The van der Waals surface area contributed by atoms with E-state index in [1.165, 1.54) is 31.2 Å². The molecule has 0 unspecified atom stereocenters. The van der Waals surface area contributed by atoms with Crippen LogP contribution >= 0.6 is 0 Å². The lowest BCUT2D eigenvalue weighted by atomic mass is 10.2. The van der Waals surface area contributed by atoms with Crippen LogP contribution in [0.2, 0.25) is 0 Å². The third-order valence-electron chi connectivity index (χ3n) is 2.48. The fourth-order valence-electron chi connectivity index (χ4n) is 1.43. The minimum Gasteiger partial charge on any atom is -0.493 e. The Labute approximate surface area is 115 Å². The molecule has 20 heavy (non-hydrogen) atoms. The summed E-state index contributed by atoms with van der Waals surface area (Å²) in [6.07, 6.45) is -1.28. The Morgan fingerprint density at radius 2 is 1.95 bits per heavy atom. The molecule has 0 aliphatic heterocycles. The number of nitrogens with one attached hydrogen (secondary N) is 1. The zero-order valence-corrected chi connectivity index (χ0v) is 10.9. The molecule has 1 rings (SSSR count). The lowest BCUT2D eigenvalue weighted by Crippen LogP contribution is -2.47. The van der Waals surface area contributed by atoms with Gasteiger partial charge < -0.3 is 20.3 Å². The van der Waals surface area contributed by atoms with Crippen molar-refractivity contribution in [3.63, 3.8) is 0 Å². The fraction of sp³-hybridized carbons (Fsp3) is 0.385. The molecule has 1 amide bonds. The third kappa shape index (κ3) is 5.23. The first-order valence-electron chi connectivity index (χ1n) is 5.98. The molecule has 0 radical (unpaired) electrons. The molecule has 2 atom stereocenters. The monoisotopic (exact) mass is 285 g/mol. The quantitative estimate of drug-likeness (QED) is 0.679. The Balaban J connectivity index is 2.36. The first-order valence-corrected chi connectivity index (χ1v) is 5.98. The molecular weight excluding hydrogens is 269 g/mol. The number of carboxylic acid groups (broad SMARTS) is 1. The van der Waals surface area contributed by atoms with Crippen LogP contribution < -0.4 is 10.1 Å². The number of carbonyl (C=O) groups excluding carboxylic acids is 1. The molecule has 110 valence electrons. The van der Waals surface area contributed by atoms with Crippen molar-refractivity contribution in [3.8, 4) is 5.75 Å². The standard InChI is InChI=1S/C13H16FNO5/c1-8(16)12(13(18)19)15-11(17)6-7-20-10-4-2-9(14)3-5-10/h2-5,8,12,16H,6-7H2,1H3,(H,15,17)(H,18,19)/t8-,12+/m1/s1. The summed E-state index contributed by atoms with van der Waals surface area (Å²) in [6.45, 7) is 1.29. The van der Waals surface area contributed by atoms with Gasteiger partial charge in [0.25, 0.3) is 0 Å². The maximum atomic E-state index is 12.6. The SMILES string of the molecule is C[C@@H](O)[C@H](NC(=O)CCOc1ccc(F)cc1)C(=O)O. The molecule has 1 aromatic rings. The number of hydrogen-bond donors (Lipinski definition) is 3. The molecule has 0 spiro atoms. The number of aliphatic carboxylic acids is 1. The minimum absolute atomic E-state index is 0.0175. The van der Waals surface area contributed by atoms with Crippen LogP contribution in [-0.4, -0.2) is 40.8 Å². The van der Waals surface area contributed by atoms with Gasteiger partial charge >= 0.3 is 5.97 Å². The van der Waals surface area contributed by atoms with Crippen LogP contribution in [0.1, 0.15) is 13.3 Å². The van der Waals surface area contributed by atoms with Crippen LogP contribution in [0.15, 0.2) is 24.3 Å². The Morgan fingerprint density at radius 3 is 2.45 bits per heavy atom. The second-order valence-corrected chi connectivity index (χ2v) is 4.18. The number of ether oxygens (including phenoxy) is 1. The van der Waals surface area contributed by atoms with E-state index < -0.39 is 29.8 Å². The molecular formula is C13H16FNO5. The smallest absolute Gasteiger partial charge is 0.328 e. The summed E-state index contributed by atoms with van der Waals surface area (Å²) in [7, 11) is 0. The number of carbonyl (C=O) groups is 2. The highest BCUT2D eigenvalue weighted by molar-refractivity contribution is 5.83. The van der Waals surface area contributed by atoms with Crippen LogP contribution in [0.4, 0.5) is 4.39 Å². The highest BCUT2D eigenvalue weighted by atomic mass is 19.1. The van der Waals surface area contributed by atoms with Crippen LogP contribution in [-0.2, 0) is 9.59 Å². The zero-order valence-electron chi connectivity index (χ0n) is 10.9. The highest BCUT2D eigenvalue weighted by Crippen LogP contribution is 2.11. The van der Waals surface area contributed by atoms with Gasteiger partial charge in [0.15, 0.2) is 6.04 Å². The van der Waals surface area contributed by atoms with Crippen molar-refractivity contribution in [1.29, 1.82) is 0 Å². The molecule has 7 heteroatoms. The lowest BCUT2D eigenvalue weighted by molar-refractivity contribution is -0.144. The molecule has 6 nitrogen and oxygen atoms in total. The average Bonchev–Trinajstić information content (AvgIpc) is 2.37. The highest BCUT2D eigenvalue weighted by Gasteiger charge is 2.24. The molecule has 0 aliphatic rings. The van der Waals surface area contributed by atoms with Crippen LogP contribution in [0.5, 0.6) is 5.75 Å². The van der Waals surface area contributed by atoms with Gasteiger partial charge in [-0.05, 0) is 31.2 Å². The molecule has 0 aliphatic carbocycles. The van der Waals surface area contributed by atoms with Gasteiger partial charge in [-0.3, -0.25) is 4.79 Å². The lowest BCUT2D eigenvalue weighted by Gasteiger charge is -2.17. The number of hydrogen-bond acceptors (Lipinski definition) is 4. The average molecular weight is 285 g/mol. The van der Waals surface area contributed by atoms with Gasteiger partial charge in [-0.2, -0.15) is 0 Å². The van der Waals surface area contributed by atoms with E-state index in [1.807, 2.05) is 0 Å². The van der Waals surface area contributed by atoms with Gasteiger partial charge in [-0.1, -0.05) is 0 Å². The molecule has 1 aromatic carbocycles. The summed E-state index contributed by atoms with van der Waals surface area (Å²) in [4.78, 5) is 22.2. The van der Waals surface area contributed by atoms with Crippen molar-refractivity contribution in [2.45, 2.75) is 25.5 Å². The summed E-state index contributed by atoms with van der Waals surface area (Å²) in [6, 6.07) is 3.94. The van der Waals surface area contributed by atoms with Crippen molar-refractivity contribution in [1.82, 2.24) is 5.32 Å². The molecule has 0 fully saturated rings. The van der Waals surface area contributed by atoms with Crippen molar-refractivity contribution < 1.29 is 28.9 Å². The molecule has 3 N–H and O–H groups in total. The Morgan fingerprint density at radius 1 is 1.35 bits per heavy atom. The van der Waals surface area contributed by atoms with E-state index in [4.69, 9.17) is 9.84 Å². The van der Waals surface area contributed by atoms with Crippen LogP contribution in [0.25, 0.3) is 0 Å². The number of aliphatic hydroxyl groups is 1. The van der Waals surface area contributed by atoms with Gasteiger partial charge in [0.1, 0.15) is 11.6 Å². The summed E-state index contributed by atoms with van der Waals surface area (Å²) >= 11 is 0. The van der Waals surface area contributed by atoms with E-state index in [1.54, 1.807) is 0 Å². The van der Waals surface area contributed by atoms with E-state index >= 15 is 0 Å². The van der Waals surface area contributed by atoms with Gasteiger partial charge in [-0.25, -0.2) is 9.18 Å². The van der Waals surface area contributed by atoms with Gasteiger partial charge in [0.2, 0.25) is 5.91 Å². The van der Waals surface area contributed by atoms with E-state index in [0.29, 0.717) is 5.75 Å². The normalized spacial score (nSPS) is 13.3. The number of amides is 1. The third-order valence-corrected chi connectivity index (χ3v) is 2.48. The second-order valence-electron chi connectivity index (χ2n) is 4.18. The topological polar surface area (TPSA) is 95.9 Å². The fourth-order valence-corrected chi connectivity index (χ4v) is 1.43. The molecule has 0 saturated heterocycles. The predicted octanol–water partition coefficient (Wildman–Crippen LogP) is 0.545. The summed E-state index contributed by atoms with van der Waals surface area (Å²) < 4.78 is 17.8. The molecule has 0 aromatic heterocycles. The summed E-state index contributed by atoms with van der Waals surface area (Å²) in [5.41, 5.74) is 0. The van der Waals surface area contributed by atoms with E-state index in [-0.39, 0.29) is 13.0 Å². The number of halogens is 1. The van der Waals surface area contributed by atoms with Crippen molar-refractivity contribution in [2.24, 2.45) is 0 Å². The Hall–Kier alpha value is -2.15. The maximum Gasteiger partial charge on any atom is 0.328 e. The van der Waals surface area contributed by atoms with Gasteiger partial charge in [-0.15, -0.1) is 0 Å². The van der Waals surface area contributed by atoms with E-state index in [9.17, 15) is 19.1 Å². The first-order chi connectivity index (χ1) is 9.40. The minimum atomic E-state index is -1.35. The number of carboxylic acids is 1. The van der Waals surface area contributed by atoms with Crippen LogP contribution in [0.3, 0.4) is 0 Å². The second kappa shape index (κ2) is 7.44. The molecule has 0 bridgehead atoms. The van der Waals surface area contributed by atoms with Crippen molar-refractivity contribution in [3.05, 3.63) is 30.1 Å². The summed E-state index contributed by atoms with van der Waals surface area (Å²) in [5.74, 6) is -1.85. The Kier molecular flexibility index (Phi) is 5.92. The van der Waals surface area contributed by atoms with Gasteiger partial charge in [0.05, 0.1) is 19.1 Å². The van der Waals surface area contributed by atoms with E-state index in [2.05, 4.69) is 5.32 Å². The number of rotatable bonds is 7. The van der Waals surface area contributed by atoms with Crippen molar-refractivity contribution >= 4 is 11.9 Å². The first kappa shape index (κ1) is 15.9. The largest absolute Gasteiger partial charge is 0.493 e. The summed E-state index contributed by atoms with van der Waals surface area (Å²) in [5, 5.41) is 20.2. The maximum absolute atomic E-state index is 12.6. The molecule has 0 saturated carbocycles. The van der Waals surface area contributed by atoms with Crippen molar-refractivity contribution in [2.75, 3.05) is 6.61 Å². The van der Waals surface area contributed by atoms with E-state index in [0.717, 1.165) is 0 Å². The number of aliphatic hydroxyl groups excluding tert-OH is 1. The Bertz CT molecular complexity index is 460. The zero-order chi connectivity index (χ0) is 15.1. The van der Waals surface area contributed by atoms with Gasteiger partial charge in [0, 0.05) is 0 Å². The van der Waals surface area contributed by atoms with Crippen LogP contribution in [0, 0.1) is 5.82 Å².